The fourth-order valence-electron chi connectivity index (χ4n) is 1.62. The molecule has 1 aromatic heterocycles. The second-order valence-corrected chi connectivity index (χ2v) is 4.16. The van der Waals surface area contributed by atoms with Crippen molar-refractivity contribution in [3.05, 3.63) is 24.0 Å². The predicted molar refractivity (Wildman–Crippen MR) is 70.1 cm³/mol. The van der Waals surface area contributed by atoms with Gasteiger partial charge in [-0.25, -0.2) is 0 Å². The molecule has 0 aliphatic heterocycles. The van der Waals surface area contributed by atoms with Gasteiger partial charge in [-0.05, 0) is 13.0 Å². The largest absolute Gasteiger partial charge is 0.505 e. The van der Waals surface area contributed by atoms with E-state index in [1.165, 1.54) is 23.4 Å². The zero-order valence-corrected chi connectivity index (χ0v) is 10.9. The third-order valence-corrected chi connectivity index (χ3v) is 2.81. The van der Waals surface area contributed by atoms with Gasteiger partial charge in [-0.15, -0.1) is 0 Å². The van der Waals surface area contributed by atoms with Gasteiger partial charge in [-0.2, -0.15) is 0 Å². The first-order valence-corrected chi connectivity index (χ1v) is 5.90. The van der Waals surface area contributed by atoms with Crippen LogP contribution in [-0.4, -0.2) is 45.0 Å². The van der Waals surface area contributed by atoms with Crippen molar-refractivity contribution in [2.75, 3.05) is 13.1 Å². The SMILES string of the molecule is CCN(CC(C)/C(N)=N/O)C(=O)c1ccncc1O. The van der Waals surface area contributed by atoms with Gasteiger partial charge in [0.15, 0.2) is 0 Å². The minimum atomic E-state index is -0.319. The van der Waals surface area contributed by atoms with E-state index in [0.717, 1.165) is 0 Å². The summed E-state index contributed by atoms with van der Waals surface area (Å²) in [7, 11) is 0. The maximum absolute atomic E-state index is 12.2. The maximum Gasteiger partial charge on any atom is 0.257 e. The Morgan fingerprint density at radius 2 is 2.32 bits per heavy atom. The van der Waals surface area contributed by atoms with Gasteiger partial charge in [0.2, 0.25) is 0 Å². The van der Waals surface area contributed by atoms with Crippen LogP contribution in [0.1, 0.15) is 24.2 Å². The minimum Gasteiger partial charge on any atom is -0.505 e. The lowest BCUT2D eigenvalue weighted by Gasteiger charge is -2.24. The van der Waals surface area contributed by atoms with E-state index < -0.39 is 0 Å². The van der Waals surface area contributed by atoms with E-state index in [1.54, 1.807) is 6.92 Å². The van der Waals surface area contributed by atoms with Gasteiger partial charge in [0, 0.05) is 25.2 Å². The van der Waals surface area contributed by atoms with Crippen LogP contribution in [0.5, 0.6) is 5.75 Å². The highest BCUT2D eigenvalue weighted by molar-refractivity contribution is 5.97. The Hall–Kier alpha value is -2.31. The molecule has 19 heavy (non-hydrogen) atoms. The van der Waals surface area contributed by atoms with Crippen LogP contribution in [0.2, 0.25) is 0 Å². The van der Waals surface area contributed by atoms with Crippen LogP contribution in [0, 0.1) is 5.92 Å². The summed E-state index contributed by atoms with van der Waals surface area (Å²) in [5.41, 5.74) is 5.67. The molecule has 0 aliphatic carbocycles. The average molecular weight is 266 g/mol. The van der Waals surface area contributed by atoms with Crippen LogP contribution in [-0.2, 0) is 0 Å². The van der Waals surface area contributed by atoms with Gasteiger partial charge in [-0.1, -0.05) is 12.1 Å². The van der Waals surface area contributed by atoms with E-state index in [2.05, 4.69) is 10.1 Å². The van der Waals surface area contributed by atoms with E-state index >= 15 is 0 Å². The smallest absolute Gasteiger partial charge is 0.257 e. The molecular weight excluding hydrogens is 248 g/mol. The first-order chi connectivity index (χ1) is 9.01. The third-order valence-electron chi connectivity index (χ3n) is 2.81. The number of aromatic hydroxyl groups is 1. The predicted octanol–water partition coefficient (Wildman–Crippen LogP) is 0.632. The third kappa shape index (κ3) is 3.57. The summed E-state index contributed by atoms with van der Waals surface area (Å²) >= 11 is 0. The number of oxime groups is 1. The molecule has 7 nitrogen and oxygen atoms in total. The first kappa shape index (κ1) is 14.7. The molecule has 1 heterocycles. The van der Waals surface area contributed by atoms with Crippen molar-refractivity contribution in [2.24, 2.45) is 16.8 Å². The number of hydrogen-bond donors (Lipinski definition) is 3. The molecule has 0 aliphatic rings. The van der Waals surface area contributed by atoms with E-state index in [9.17, 15) is 9.90 Å². The number of nitrogens with two attached hydrogens (primary N) is 1. The second kappa shape index (κ2) is 6.58. The van der Waals surface area contributed by atoms with Gasteiger partial charge in [0.25, 0.3) is 5.91 Å². The molecule has 0 aromatic carbocycles. The monoisotopic (exact) mass is 266 g/mol. The summed E-state index contributed by atoms with van der Waals surface area (Å²) in [6, 6.07) is 1.45. The van der Waals surface area contributed by atoms with Crippen molar-refractivity contribution in [1.82, 2.24) is 9.88 Å². The number of pyridine rings is 1. The Morgan fingerprint density at radius 3 is 2.84 bits per heavy atom. The summed E-state index contributed by atoms with van der Waals surface area (Å²) < 4.78 is 0. The molecule has 0 bridgehead atoms. The highest BCUT2D eigenvalue weighted by Crippen LogP contribution is 2.17. The van der Waals surface area contributed by atoms with Gasteiger partial charge >= 0.3 is 0 Å². The molecule has 0 spiro atoms. The van der Waals surface area contributed by atoms with Crippen LogP contribution in [0.15, 0.2) is 23.6 Å². The summed E-state index contributed by atoms with van der Waals surface area (Å²) in [6.45, 7) is 4.31. The molecule has 0 fully saturated rings. The van der Waals surface area contributed by atoms with Crippen LogP contribution in [0.3, 0.4) is 0 Å². The lowest BCUT2D eigenvalue weighted by molar-refractivity contribution is 0.0750. The molecule has 1 atom stereocenters. The maximum atomic E-state index is 12.2. The standard InChI is InChI=1S/C12H18N4O3/c1-3-16(7-8(2)11(13)15-19)12(18)9-4-5-14-6-10(9)17/h4-6,8,17,19H,3,7H2,1-2H3,(H2,13,15). The molecule has 104 valence electrons. The number of carbonyl (C=O) groups excluding carboxylic acids is 1. The summed E-state index contributed by atoms with van der Waals surface area (Å²) in [5.74, 6) is -0.703. The van der Waals surface area contributed by atoms with Gasteiger partial charge in [0.05, 0.1) is 11.8 Å². The van der Waals surface area contributed by atoms with Crippen molar-refractivity contribution >= 4 is 11.7 Å². The quantitative estimate of drug-likeness (QED) is 0.313. The molecule has 1 amide bonds. The van der Waals surface area contributed by atoms with E-state index in [1.807, 2.05) is 6.92 Å². The lowest BCUT2D eigenvalue weighted by atomic mass is 10.1. The van der Waals surface area contributed by atoms with Crippen LogP contribution in [0.4, 0.5) is 0 Å². The first-order valence-electron chi connectivity index (χ1n) is 5.90. The van der Waals surface area contributed by atoms with Crippen molar-refractivity contribution in [3.63, 3.8) is 0 Å². The second-order valence-electron chi connectivity index (χ2n) is 4.16. The number of amides is 1. The van der Waals surface area contributed by atoms with Gasteiger partial charge in [-0.3, -0.25) is 9.78 Å². The lowest BCUT2D eigenvalue weighted by Crippen LogP contribution is -2.38. The zero-order valence-electron chi connectivity index (χ0n) is 10.9. The molecule has 0 saturated heterocycles. The Balaban J connectivity index is 2.86. The van der Waals surface area contributed by atoms with Crippen LogP contribution >= 0.6 is 0 Å². The molecule has 1 aromatic rings. The molecule has 4 N–H and O–H groups in total. The topological polar surface area (TPSA) is 112 Å². The minimum absolute atomic E-state index is 0.0604. The number of carbonyl (C=O) groups is 1. The molecule has 0 saturated carbocycles. The van der Waals surface area contributed by atoms with Gasteiger partial charge < -0.3 is 20.9 Å². The number of hydrogen-bond acceptors (Lipinski definition) is 5. The Kier molecular flexibility index (Phi) is 5.11. The number of nitrogens with zero attached hydrogens (tertiary/aromatic N) is 3. The molecule has 7 heteroatoms. The van der Waals surface area contributed by atoms with Crippen molar-refractivity contribution in [1.29, 1.82) is 0 Å². The summed E-state index contributed by atoms with van der Waals surface area (Å²) in [5, 5.41) is 21.1. The molecule has 0 radical (unpaired) electrons. The molecule has 1 rings (SSSR count). The normalized spacial score (nSPS) is 13.1. The average Bonchev–Trinajstić information content (AvgIpc) is 2.43. The summed E-state index contributed by atoms with van der Waals surface area (Å²) in [6.07, 6.45) is 2.65. The molecular formula is C12H18N4O3. The van der Waals surface area contributed by atoms with E-state index in [0.29, 0.717) is 13.1 Å². The van der Waals surface area contributed by atoms with E-state index in [-0.39, 0.29) is 29.0 Å². The van der Waals surface area contributed by atoms with Crippen molar-refractivity contribution in [3.8, 4) is 5.75 Å². The zero-order chi connectivity index (χ0) is 14.4. The van der Waals surface area contributed by atoms with Gasteiger partial charge in [0.1, 0.15) is 11.6 Å². The van der Waals surface area contributed by atoms with Crippen LogP contribution < -0.4 is 5.73 Å². The number of rotatable bonds is 5. The number of aromatic nitrogens is 1. The van der Waals surface area contributed by atoms with E-state index in [4.69, 9.17) is 10.9 Å². The molecule has 1 unspecified atom stereocenters. The highest BCUT2D eigenvalue weighted by atomic mass is 16.4. The highest BCUT2D eigenvalue weighted by Gasteiger charge is 2.21. The van der Waals surface area contributed by atoms with Crippen molar-refractivity contribution in [2.45, 2.75) is 13.8 Å². The summed E-state index contributed by atoms with van der Waals surface area (Å²) in [4.78, 5) is 17.5. The van der Waals surface area contributed by atoms with Crippen LogP contribution in [0.25, 0.3) is 0 Å². The van der Waals surface area contributed by atoms with Crippen molar-refractivity contribution < 1.29 is 15.1 Å². The Labute approximate surface area is 111 Å². The fourth-order valence-corrected chi connectivity index (χ4v) is 1.62. The Morgan fingerprint density at radius 1 is 1.63 bits per heavy atom. The Bertz CT molecular complexity index is 476. The number of amidine groups is 1. The fraction of sp³-hybridized carbons (Fsp3) is 0.417.